The van der Waals surface area contributed by atoms with Gasteiger partial charge in [0.1, 0.15) is 5.54 Å². The molecular formula is C8H11N3O5. The molecule has 1 spiro atoms. The van der Waals surface area contributed by atoms with E-state index in [9.17, 15) is 14.4 Å². The third-order valence-electron chi connectivity index (χ3n) is 2.80. The van der Waals surface area contributed by atoms with Crippen LogP contribution in [0, 0.1) is 0 Å². The van der Waals surface area contributed by atoms with Gasteiger partial charge in [0.25, 0.3) is 5.91 Å². The highest BCUT2D eigenvalue weighted by Crippen LogP contribution is 2.25. The smallest absolute Gasteiger partial charge is 0.448 e. The molecule has 2 heterocycles. The first-order valence-corrected chi connectivity index (χ1v) is 4.81. The number of nitrogens with one attached hydrogen (secondary N) is 2. The van der Waals surface area contributed by atoms with Crippen LogP contribution in [0.4, 0.5) is 9.59 Å². The Kier molecular flexibility index (Phi) is 2.43. The molecule has 0 radical (unpaired) electrons. The van der Waals surface area contributed by atoms with E-state index in [-0.39, 0.29) is 19.0 Å². The summed E-state index contributed by atoms with van der Waals surface area (Å²) >= 11 is 0. The van der Waals surface area contributed by atoms with Crippen LogP contribution in [0.1, 0.15) is 12.8 Å². The molecule has 2 fully saturated rings. The van der Waals surface area contributed by atoms with Crippen LogP contribution in [0.25, 0.3) is 0 Å². The van der Waals surface area contributed by atoms with Crippen LogP contribution in [-0.2, 0) is 9.63 Å². The summed E-state index contributed by atoms with van der Waals surface area (Å²) in [5, 5.41) is 14.4. The first kappa shape index (κ1) is 10.7. The van der Waals surface area contributed by atoms with Gasteiger partial charge in [0.05, 0.1) is 0 Å². The Morgan fingerprint density at radius 1 is 1.38 bits per heavy atom. The number of amides is 3. The largest absolute Gasteiger partial charge is 0.525 e. The summed E-state index contributed by atoms with van der Waals surface area (Å²) in [5.41, 5.74) is -0.893. The number of carbonyl (C=O) groups excluding carboxylic acids is 2. The maximum Gasteiger partial charge on any atom is 0.525 e. The molecule has 8 nitrogen and oxygen atoms in total. The fourth-order valence-corrected chi connectivity index (χ4v) is 1.95. The number of imide groups is 1. The molecule has 3 amide bonds. The lowest BCUT2D eigenvalue weighted by molar-refractivity contribution is -0.147. The highest BCUT2D eigenvalue weighted by atomic mass is 16.8. The van der Waals surface area contributed by atoms with Gasteiger partial charge in [-0.1, -0.05) is 0 Å². The van der Waals surface area contributed by atoms with E-state index in [2.05, 4.69) is 15.5 Å². The summed E-state index contributed by atoms with van der Waals surface area (Å²) in [5.74, 6) is -0.354. The summed E-state index contributed by atoms with van der Waals surface area (Å²) < 4.78 is 0. The van der Waals surface area contributed by atoms with Crippen LogP contribution in [0.2, 0.25) is 0 Å². The van der Waals surface area contributed by atoms with Crippen LogP contribution in [-0.4, -0.2) is 46.9 Å². The summed E-state index contributed by atoms with van der Waals surface area (Å²) in [4.78, 5) is 37.3. The molecule has 3 N–H and O–H groups in total. The van der Waals surface area contributed by atoms with Gasteiger partial charge in [0, 0.05) is 13.1 Å². The molecule has 0 aromatic heterocycles. The summed E-state index contributed by atoms with van der Waals surface area (Å²) in [6.45, 7) is 0.556. The first-order valence-electron chi connectivity index (χ1n) is 4.81. The molecule has 16 heavy (non-hydrogen) atoms. The van der Waals surface area contributed by atoms with Crippen molar-refractivity contribution in [1.82, 2.24) is 15.7 Å². The van der Waals surface area contributed by atoms with Crippen molar-refractivity contribution in [1.29, 1.82) is 0 Å². The zero-order chi connectivity index (χ0) is 11.8. The molecule has 2 rings (SSSR count). The molecular weight excluding hydrogens is 218 g/mol. The maximum absolute atomic E-state index is 11.5. The predicted molar refractivity (Wildman–Crippen MR) is 49.3 cm³/mol. The van der Waals surface area contributed by atoms with Gasteiger partial charge in [-0.3, -0.25) is 10.1 Å². The van der Waals surface area contributed by atoms with Gasteiger partial charge < -0.3 is 15.3 Å². The zero-order valence-corrected chi connectivity index (χ0v) is 8.36. The van der Waals surface area contributed by atoms with Crippen molar-refractivity contribution in [2.45, 2.75) is 18.4 Å². The Morgan fingerprint density at radius 3 is 2.44 bits per heavy atom. The Hall–Kier alpha value is -1.83. The standard InChI is InChI=1S/C8H11N3O5/c12-5-8(10-6(13)9-5)1-3-11(4-2-8)16-7(14)15/h1-4H2,(H,14,15)(H2,9,10,12,13). The number of nitrogens with zero attached hydrogens (tertiary/aromatic N) is 1. The minimum absolute atomic E-state index is 0.278. The fraction of sp³-hybridized carbons (Fsp3) is 0.625. The van der Waals surface area contributed by atoms with Crippen molar-refractivity contribution >= 4 is 18.1 Å². The number of hydrogen-bond donors (Lipinski definition) is 3. The summed E-state index contributed by atoms with van der Waals surface area (Å²) in [6, 6.07) is -0.502. The molecule has 2 aliphatic rings. The van der Waals surface area contributed by atoms with Crippen molar-refractivity contribution in [3.05, 3.63) is 0 Å². The Bertz CT molecular complexity index is 348. The zero-order valence-electron chi connectivity index (χ0n) is 8.36. The Morgan fingerprint density at radius 2 is 2.00 bits per heavy atom. The minimum atomic E-state index is -1.38. The van der Waals surface area contributed by atoms with E-state index >= 15 is 0 Å². The molecule has 0 aliphatic carbocycles. The monoisotopic (exact) mass is 229 g/mol. The highest BCUT2D eigenvalue weighted by Gasteiger charge is 2.48. The average molecular weight is 229 g/mol. The second-order valence-corrected chi connectivity index (χ2v) is 3.78. The number of carbonyl (C=O) groups is 3. The molecule has 0 unspecified atom stereocenters. The molecule has 0 atom stereocenters. The van der Waals surface area contributed by atoms with E-state index in [1.807, 2.05) is 0 Å². The van der Waals surface area contributed by atoms with E-state index in [1.54, 1.807) is 0 Å². The summed E-state index contributed by atoms with van der Waals surface area (Å²) in [6.07, 6.45) is -0.716. The number of rotatable bonds is 1. The van der Waals surface area contributed by atoms with Gasteiger partial charge in [0.15, 0.2) is 0 Å². The van der Waals surface area contributed by atoms with Crippen LogP contribution in [0.15, 0.2) is 0 Å². The number of hydroxylamine groups is 2. The highest BCUT2D eigenvalue weighted by molar-refractivity contribution is 6.07. The third-order valence-corrected chi connectivity index (χ3v) is 2.80. The quantitative estimate of drug-likeness (QED) is 0.511. The van der Waals surface area contributed by atoms with E-state index in [0.29, 0.717) is 12.8 Å². The van der Waals surface area contributed by atoms with Crippen molar-refractivity contribution in [3.63, 3.8) is 0 Å². The van der Waals surface area contributed by atoms with Crippen molar-refractivity contribution in [2.24, 2.45) is 0 Å². The molecule has 0 aromatic carbocycles. The second-order valence-electron chi connectivity index (χ2n) is 3.78. The van der Waals surface area contributed by atoms with Crippen LogP contribution >= 0.6 is 0 Å². The second kappa shape index (κ2) is 3.63. The van der Waals surface area contributed by atoms with Gasteiger partial charge in [-0.05, 0) is 12.8 Å². The first-order chi connectivity index (χ1) is 7.52. The van der Waals surface area contributed by atoms with Crippen LogP contribution in [0.3, 0.4) is 0 Å². The molecule has 0 saturated carbocycles. The Labute approximate surface area is 90.5 Å². The van der Waals surface area contributed by atoms with Crippen molar-refractivity contribution in [3.8, 4) is 0 Å². The molecule has 88 valence electrons. The molecule has 2 aliphatic heterocycles. The third kappa shape index (κ3) is 1.78. The molecule has 2 saturated heterocycles. The van der Waals surface area contributed by atoms with Gasteiger partial charge >= 0.3 is 12.2 Å². The van der Waals surface area contributed by atoms with Gasteiger partial charge in [-0.25, -0.2) is 9.59 Å². The van der Waals surface area contributed by atoms with E-state index in [1.165, 1.54) is 5.06 Å². The van der Waals surface area contributed by atoms with Crippen molar-refractivity contribution in [2.75, 3.05) is 13.1 Å². The van der Waals surface area contributed by atoms with Crippen LogP contribution in [0.5, 0.6) is 0 Å². The molecule has 8 heteroatoms. The fourth-order valence-electron chi connectivity index (χ4n) is 1.95. The normalized spacial score (nSPS) is 24.0. The lowest BCUT2D eigenvalue weighted by Gasteiger charge is -2.34. The van der Waals surface area contributed by atoms with Gasteiger partial charge in [-0.2, -0.15) is 0 Å². The van der Waals surface area contributed by atoms with Gasteiger partial charge in [0.2, 0.25) is 0 Å². The lowest BCUT2D eigenvalue weighted by Crippen LogP contribution is -2.54. The van der Waals surface area contributed by atoms with Gasteiger partial charge in [-0.15, -0.1) is 5.06 Å². The van der Waals surface area contributed by atoms with Crippen LogP contribution < -0.4 is 10.6 Å². The minimum Gasteiger partial charge on any atom is -0.448 e. The SMILES string of the molecule is O=C1NC(=O)C2(CCN(OC(=O)O)CC2)N1. The van der Waals surface area contributed by atoms with E-state index < -0.39 is 17.7 Å². The lowest BCUT2D eigenvalue weighted by atomic mass is 9.88. The van der Waals surface area contributed by atoms with E-state index in [0.717, 1.165) is 0 Å². The maximum atomic E-state index is 11.5. The molecule has 0 aromatic rings. The van der Waals surface area contributed by atoms with Crippen molar-refractivity contribution < 1.29 is 24.3 Å². The van der Waals surface area contributed by atoms with E-state index in [4.69, 9.17) is 5.11 Å². The average Bonchev–Trinajstić information content (AvgIpc) is 2.45. The topological polar surface area (TPSA) is 108 Å². The predicted octanol–water partition coefficient (Wildman–Crippen LogP) is -0.730. The number of piperidine rings is 1. The molecule has 0 bridgehead atoms. The summed E-state index contributed by atoms with van der Waals surface area (Å²) in [7, 11) is 0. The number of carboxylic acid groups (broad SMARTS) is 1. The Balaban J connectivity index is 1.96. The number of urea groups is 1. The number of hydrogen-bond acceptors (Lipinski definition) is 5.